The Morgan fingerprint density at radius 1 is 1.44 bits per heavy atom. The van der Waals surface area contributed by atoms with Crippen molar-refractivity contribution in [2.24, 2.45) is 5.41 Å². The van der Waals surface area contributed by atoms with Crippen molar-refractivity contribution in [3.63, 3.8) is 0 Å². The van der Waals surface area contributed by atoms with E-state index in [1.807, 2.05) is 0 Å². The average Bonchev–Trinajstić information content (AvgIpc) is 2.21. The Morgan fingerprint density at radius 2 is 2.06 bits per heavy atom. The van der Waals surface area contributed by atoms with Crippen LogP contribution in [0, 0.1) is 5.41 Å². The SMILES string of the molecule is CC(C)(C(=O)O)C(=O)Nc1ccc(Cl)cn1. The summed E-state index contributed by atoms with van der Waals surface area (Å²) >= 11 is 5.62. The lowest BCUT2D eigenvalue weighted by atomic mass is 9.93. The van der Waals surface area contributed by atoms with E-state index in [1.165, 1.54) is 26.1 Å². The fraction of sp³-hybridized carbons (Fsp3) is 0.300. The van der Waals surface area contributed by atoms with Crippen molar-refractivity contribution in [1.82, 2.24) is 4.98 Å². The van der Waals surface area contributed by atoms with Crippen LogP contribution in [-0.2, 0) is 9.59 Å². The highest BCUT2D eigenvalue weighted by atomic mass is 35.5. The molecule has 6 heteroatoms. The van der Waals surface area contributed by atoms with Crippen molar-refractivity contribution < 1.29 is 14.7 Å². The number of amides is 1. The zero-order valence-corrected chi connectivity index (χ0v) is 9.58. The van der Waals surface area contributed by atoms with Crippen LogP contribution in [0.15, 0.2) is 18.3 Å². The summed E-state index contributed by atoms with van der Waals surface area (Å²) in [4.78, 5) is 26.2. The monoisotopic (exact) mass is 242 g/mol. The number of hydrogen-bond donors (Lipinski definition) is 2. The number of pyridine rings is 1. The fourth-order valence-electron chi connectivity index (χ4n) is 0.819. The molecule has 5 nitrogen and oxygen atoms in total. The molecule has 0 fully saturated rings. The van der Waals surface area contributed by atoms with Gasteiger partial charge < -0.3 is 10.4 Å². The molecule has 0 unspecified atom stereocenters. The molecule has 0 bridgehead atoms. The Hall–Kier alpha value is -1.62. The molecule has 0 radical (unpaired) electrons. The van der Waals surface area contributed by atoms with E-state index in [2.05, 4.69) is 10.3 Å². The predicted molar refractivity (Wildman–Crippen MR) is 59.3 cm³/mol. The maximum absolute atomic E-state index is 11.6. The molecule has 0 spiro atoms. The molecule has 0 atom stereocenters. The minimum atomic E-state index is -1.50. The van der Waals surface area contributed by atoms with Gasteiger partial charge in [-0.2, -0.15) is 0 Å². The molecule has 0 aliphatic rings. The molecule has 1 aromatic rings. The first-order chi connectivity index (χ1) is 7.34. The lowest BCUT2D eigenvalue weighted by molar-refractivity contribution is -0.151. The highest BCUT2D eigenvalue weighted by Crippen LogP contribution is 2.18. The minimum absolute atomic E-state index is 0.267. The first-order valence-electron chi connectivity index (χ1n) is 4.50. The first kappa shape index (κ1) is 12.4. The number of nitrogens with zero attached hydrogens (tertiary/aromatic N) is 1. The molecule has 0 saturated carbocycles. The second-order valence-electron chi connectivity index (χ2n) is 3.75. The van der Waals surface area contributed by atoms with E-state index in [9.17, 15) is 9.59 Å². The Bertz CT molecular complexity index is 415. The van der Waals surface area contributed by atoms with Crippen LogP contribution in [0.4, 0.5) is 5.82 Å². The van der Waals surface area contributed by atoms with Gasteiger partial charge in [-0.15, -0.1) is 0 Å². The topological polar surface area (TPSA) is 79.3 Å². The summed E-state index contributed by atoms with van der Waals surface area (Å²) in [5, 5.41) is 11.7. The van der Waals surface area contributed by atoms with Crippen molar-refractivity contribution >= 4 is 29.3 Å². The number of hydrogen-bond acceptors (Lipinski definition) is 3. The van der Waals surface area contributed by atoms with Crippen LogP contribution in [0.25, 0.3) is 0 Å². The summed E-state index contributed by atoms with van der Waals surface area (Å²) < 4.78 is 0. The van der Waals surface area contributed by atoms with Gasteiger partial charge in [0.2, 0.25) is 5.91 Å². The van der Waals surface area contributed by atoms with Gasteiger partial charge in [0.25, 0.3) is 0 Å². The average molecular weight is 243 g/mol. The summed E-state index contributed by atoms with van der Waals surface area (Å²) in [6.45, 7) is 2.64. The van der Waals surface area contributed by atoms with Crippen LogP contribution in [0.2, 0.25) is 5.02 Å². The van der Waals surface area contributed by atoms with E-state index in [0.717, 1.165) is 0 Å². The number of carboxylic acid groups (broad SMARTS) is 1. The maximum atomic E-state index is 11.6. The summed E-state index contributed by atoms with van der Waals surface area (Å²) in [5.74, 6) is -1.56. The van der Waals surface area contributed by atoms with Gasteiger partial charge in [0.05, 0.1) is 5.02 Å². The van der Waals surface area contributed by atoms with E-state index in [4.69, 9.17) is 16.7 Å². The van der Waals surface area contributed by atoms with Crippen LogP contribution in [0.5, 0.6) is 0 Å². The van der Waals surface area contributed by atoms with Crippen molar-refractivity contribution in [2.75, 3.05) is 5.32 Å². The number of anilines is 1. The van der Waals surface area contributed by atoms with E-state index in [-0.39, 0.29) is 5.82 Å². The van der Waals surface area contributed by atoms with Gasteiger partial charge in [-0.1, -0.05) is 11.6 Å². The molecule has 1 amide bonds. The number of carbonyl (C=O) groups excluding carboxylic acids is 1. The number of nitrogens with one attached hydrogen (secondary N) is 1. The van der Waals surface area contributed by atoms with E-state index in [0.29, 0.717) is 5.02 Å². The molecule has 0 aromatic carbocycles. The number of aromatic nitrogens is 1. The van der Waals surface area contributed by atoms with Gasteiger partial charge in [-0.25, -0.2) is 4.98 Å². The summed E-state index contributed by atoms with van der Waals surface area (Å²) in [7, 11) is 0. The second-order valence-corrected chi connectivity index (χ2v) is 4.18. The Kier molecular flexibility index (Phi) is 3.49. The molecular weight excluding hydrogens is 232 g/mol. The van der Waals surface area contributed by atoms with Gasteiger partial charge in [-0.3, -0.25) is 9.59 Å². The predicted octanol–water partition coefficient (Wildman–Crippen LogP) is 1.78. The van der Waals surface area contributed by atoms with E-state index >= 15 is 0 Å². The zero-order valence-electron chi connectivity index (χ0n) is 8.82. The lowest BCUT2D eigenvalue weighted by Gasteiger charge is -2.17. The first-order valence-corrected chi connectivity index (χ1v) is 4.88. The maximum Gasteiger partial charge on any atom is 0.318 e. The Morgan fingerprint density at radius 3 is 2.50 bits per heavy atom. The molecule has 2 N–H and O–H groups in total. The number of carboxylic acids is 1. The highest BCUT2D eigenvalue weighted by molar-refractivity contribution is 6.30. The van der Waals surface area contributed by atoms with E-state index in [1.54, 1.807) is 6.07 Å². The standard InChI is InChI=1S/C10H11ClN2O3/c1-10(2,9(15)16)8(14)13-7-4-3-6(11)5-12-7/h3-5H,1-2H3,(H,15,16)(H,12,13,14). The molecule has 86 valence electrons. The van der Waals surface area contributed by atoms with Gasteiger partial charge in [0.1, 0.15) is 11.2 Å². The summed E-state index contributed by atoms with van der Waals surface area (Å²) in [6, 6.07) is 3.05. The van der Waals surface area contributed by atoms with Crippen molar-refractivity contribution in [3.8, 4) is 0 Å². The van der Waals surface area contributed by atoms with Gasteiger partial charge in [0.15, 0.2) is 0 Å². The Labute approximate surface area is 97.4 Å². The van der Waals surface area contributed by atoms with Crippen LogP contribution in [-0.4, -0.2) is 22.0 Å². The van der Waals surface area contributed by atoms with Crippen LogP contribution < -0.4 is 5.32 Å². The molecule has 1 heterocycles. The largest absolute Gasteiger partial charge is 0.480 e. The van der Waals surface area contributed by atoms with Crippen molar-refractivity contribution in [3.05, 3.63) is 23.4 Å². The smallest absolute Gasteiger partial charge is 0.318 e. The van der Waals surface area contributed by atoms with Gasteiger partial charge in [0, 0.05) is 6.20 Å². The number of rotatable bonds is 3. The van der Waals surface area contributed by atoms with Gasteiger partial charge in [-0.05, 0) is 26.0 Å². The van der Waals surface area contributed by atoms with Crippen molar-refractivity contribution in [2.45, 2.75) is 13.8 Å². The van der Waals surface area contributed by atoms with E-state index < -0.39 is 17.3 Å². The van der Waals surface area contributed by atoms with Crippen LogP contribution >= 0.6 is 11.6 Å². The molecule has 1 rings (SSSR count). The molecule has 1 aromatic heterocycles. The lowest BCUT2D eigenvalue weighted by Crippen LogP contribution is -2.38. The zero-order chi connectivity index (χ0) is 12.3. The minimum Gasteiger partial charge on any atom is -0.480 e. The van der Waals surface area contributed by atoms with Crippen molar-refractivity contribution in [1.29, 1.82) is 0 Å². The quantitative estimate of drug-likeness (QED) is 0.792. The van der Waals surface area contributed by atoms with Gasteiger partial charge >= 0.3 is 5.97 Å². The van der Waals surface area contributed by atoms with Crippen LogP contribution in [0.3, 0.4) is 0 Å². The number of aliphatic carboxylic acids is 1. The molecule has 0 aliphatic carbocycles. The Balaban J connectivity index is 2.79. The summed E-state index contributed by atoms with van der Waals surface area (Å²) in [6.07, 6.45) is 1.37. The normalized spacial score (nSPS) is 10.9. The molecule has 0 saturated heterocycles. The number of halogens is 1. The third kappa shape index (κ3) is 2.70. The van der Waals surface area contributed by atoms with Crippen LogP contribution in [0.1, 0.15) is 13.8 Å². The third-order valence-corrected chi connectivity index (χ3v) is 2.29. The highest BCUT2D eigenvalue weighted by Gasteiger charge is 2.36. The fourth-order valence-corrected chi connectivity index (χ4v) is 0.931. The second kappa shape index (κ2) is 4.49. The third-order valence-electron chi connectivity index (χ3n) is 2.07. The molecule has 0 aliphatic heterocycles. The molecular formula is C10H11ClN2O3. The summed E-state index contributed by atoms with van der Waals surface area (Å²) in [5.41, 5.74) is -1.50. The number of carbonyl (C=O) groups is 2. The molecule has 16 heavy (non-hydrogen) atoms.